The van der Waals surface area contributed by atoms with Gasteiger partial charge in [0, 0.05) is 5.39 Å². The van der Waals surface area contributed by atoms with E-state index in [1.165, 1.54) is 31.2 Å². The van der Waals surface area contributed by atoms with E-state index in [4.69, 9.17) is 0 Å². The molecule has 1 aliphatic carbocycles. The molecular formula is C21H25F. The minimum atomic E-state index is -0.0386. The van der Waals surface area contributed by atoms with Gasteiger partial charge in [0.1, 0.15) is 5.82 Å². The van der Waals surface area contributed by atoms with Crippen molar-refractivity contribution in [3.8, 4) is 0 Å². The third kappa shape index (κ3) is 2.95. The molecule has 2 aromatic carbocycles. The van der Waals surface area contributed by atoms with E-state index in [2.05, 4.69) is 37.3 Å². The van der Waals surface area contributed by atoms with Gasteiger partial charge in [-0.2, -0.15) is 0 Å². The Hall–Kier alpha value is -1.63. The number of hydrogen-bond donors (Lipinski definition) is 0. The fraction of sp³-hybridized carbons (Fsp3) is 0.429. The van der Waals surface area contributed by atoms with Gasteiger partial charge in [0.2, 0.25) is 0 Å². The van der Waals surface area contributed by atoms with E-state index in [-0.39, 0.29) is 5.82 Å². The first kappa shape index (κ1) is 15.3. The monoisotopic (exact) mass is 296 g/mol. The largest absolute Gasteiger partial charge is 0.206 e. The molecule has 0 aromatic heterocycles. The van der Waals surface area contributed by atoms with Crippen LogP contribution in [0.25, 0.3) is 10.8 Å². The predicted octanol–water partition coefficient (Wildman–Crippen LogP) is 6.39. The molecule has 22 heavy (non-hydrogen) atoms. The molecule has 0 amide bonds. The number of aryl methyl sites for hydroxylation is 1. The summed E-state index contributed by atoms with van der Waals surface area (Å²) in [5, 5.41) is 1.81. The molecule has 1 fully saturated rings. The van der Waals surface area contributed by atoms with Crippen molar-refractivity contribution >= 4 is 10.8 Å². The third-order valence-corrected chi connectivity index (χ3v) is 5.15. The van der Waals surface area contributed by atoms with Crippen LogP contribution in [0.15, 0.2) is 42.5 Å². The Morgan fingerprint density at radius 1 is 1.09 bits per heavy atom. The average molecular weight is 296 g/mol. The first-order chi connectivity index (χ1) is 10.7. The maximum Gasteiger partial charge on any atom is 0.134 e. The molecule has 0 atom stereocenters. The van der Waals surface area contributed by atoms with Crippen molar-refractivity contribution in [1.29, 1.82) is 0 Å². The topological polar surface area (TPSA) is 0 Å². The molecule has 2 aromatic rings. The standard InChI is InChI=1S/C21H25F/c1-3-5-15-6-8-17(9-7-15)18-12-13-20-19(14-18)11-10-16(4-2)21(20)22/h3,5,10-15,17H,4,6-9H2,1-2H3/b5-3+. The number of rotatable bonds is 3. The molecule has 0 saturated heterocycles. The maximum absolute atomic E-state index is 14.4. The van der Waals surface area contributed by atoms with Crippen LogP contribution in [0, 0.1) is 11.7 Å². The third-order valence-electron chi connectivity index (χ3n) is 5.15. The summed E-state index contributed by atoms with van der Waals surface area (Å²) < 4.78 is 14.4. The molecule has 0 spiro atoms. The van der Waals surface area contributed by atoms with E-state index in [0.29, 0.717) is 5.92 Å². The Bertz CT molecular complexity index is 676. The number of fused-ring (bicyclic) bond motifs is 1. The van der Waals surface area contributed by atoms with Crippen LogP contribution in [0.2, 0.25) is 0 Å². The lowest BCUT2D eigenvalue weighted by atomic mass is 9.78. The summed E-state index contributed by atoms with van der Waals surface area (Å²) in [4.78, 5) is 0. The maximum atomic E-state index is 14.4. The SMILES string of the molecule is C/C=C/C1CCC(c2ccc3c(F)c(CC)ccc3c2)CC1. The molecule has 0 bridgehead atoms. The van der Waals surface area contributed by atoms with E-state index in [9.17, 15) is 4.39 Å². The van der Waals surface area contributed by atoms with Gasteiger partial charge in [0.05, 0.1) is 0 Å². The highest BCUT2D eigenvalue weighted by Gasteiger charge is 2.21. The fourth-order valence-corrected chi connectivity index (χ4v) is 3.80. The first-order valence-electron chi connectivity index (χ1n) is 8.56. The van der Waals surface area contributed by atoms with Crippen molar-refractivity contribution in [3.05, 3.63) is 59.4 Å². The number of hydrogen-bond acceptors (Lipinski definition) is 0. The molecule has 0 unspecified atom stereocenters. The Kier molecular flexibility index (Phi) is 4.61. The highest BCUT2D eigenvalue weighted by Crippen LogP contribution is 2.37. The molecule has 1 aliphatic rings. The Morgan fingerprint density at radius 3 is 2.55 bits per heavy atom. The molecule has 1 saturated carbocycles. The minimum absolute atomic E-state index is 0.0386. The van der Waals surface area contributed by atoms with Crippen LogP contribution in [0.3, 0.4) is 0 Å². The van der Waals surface area contributed by atoms with Crippen LogP contribution in [0.4, 0.5) is 4.39 Å². The molecule has 1 heteroatoms. The van der Waals surface area contributed by atoms with Crippen LogP contribution >= 0.6 is 0 Å². The van der Waals surface area contributed by atoms with Gasteiger partial charge in [-0.1, -0.05) is 49.4 Å². The van der Waals surface area contributed by atoms with E-state index < -0.39 is 0 Å². The smallest absolute Gasteiger partial charge is 0.134 e. The van der Waals surface area contributed by atoms with Crippen LogP contribution in [0.5, 0.6) is 0 Å². The lowest BCUT2D eigenvalue weighted by molar-refractivity contribution is 0.376. The van der Waals surface area contributed by atoms with E-state index >= 15 is 0 Å². The molecule has 0 aliphatic heterocycles. The van der Waals surface area contributed by atoms with E-state index in [1.54, 1.807) is 0 Å². The lowest BCUT2D eigenvalue weighted by Gasteiger charge is -2.27. The first-order valence-corrected chi connectivity index (χ1v) is 8.56. The fourth-order valence-electron chi connectivity index (χ4n) is 3.80. The van der Waals surface area contributed by atoms with Crippen molar-refractivity contribution in [1.82, 2.24) is 0 Å². The summed E-state index contributed by atoms with van der Waals surface area (Å²) in [6.07, 6.45) is 10.3. The molecular weight excluding hydrogens is 271 g/mol. The summed E-state index contributed by atoms with van der Waals surface area (Å²) in [6.45, 7) is 4.11. The second kappa shape index (κ2) is 6.64. The minimum Gasteiger partial charge on any atom is -0.206 e. The molecule has 0 heterocycles. The normalized spacial score (nSPS) is 22.5. The second-order valence-corrected chi connectivity index (χ2v) is 6.51. The van der Waals surface area contributed by atoms with Crippen molar-refractivity contribution in [2.24, 2.45) is 5.92 Å². The Balaban J connectivity index is 1.84. The van der Waals surface area contributed by atoms with Gasteiger partial charge in [0.25, 0.3) is 0 Å². The second-order valence-electron chi connectivity index (χ2n) is 6.51. The van der Waals surface area contributed by atoms with Crippen LogP contribution < -0.4 is 0 Å². The van der Waals surface area contributed by atoms with Gasteiger partial charge >= 0.3 is 0 Å². The summed E-state index contributed by atoms with van der Waals surface area (Å²) in [7, 11) is 0. The Labute approximate surface area is 133 Å². The van der Waals surface area contributed by atoms with Crippen molar-refractivity contribution < 1.29 is 4.39 Å². The predicted molar refractivity (Wildman–Crippen MR) is 92.8 cm³/mol. The molecule has 0 N–H and O–H groups in total. The Morgan fingerprint density at radius 2 is 1.86 bits per heavy atom. The molecule has 116 valence electrons. The van der Waals surface area contributed by atoms with Gasteiger partial charge in [-0.25, -0.2) is 4.39 Å². The van der Waals surface area contributed by atoms with Crippen molar-refractivity contribution in [2.45, 2.75) is 51.9 Å². The van der Waals surface area contributed by atoms with E-state index in [0.717, 1.165) is 28.7 Å². The van der Waals surface area contributed by atoms with Crippen LogP contribution in [0.1, 0.15) is 56.6 Å². The lowest BCUT2D eigenvalue weighted by Crippen LogP contribution is -2.11. The van der Waals surface area contributed by atoms with Gasteiger partial charge < -0.3 is 0 Å². The summed E-state index contributed by atoms with van der Waals surface area (Å²) in [5.41, 5.74) is 2.20. The van der Waals surface area contributed by atoms with Crippen LogP contribution in [-0.4, -0.2) is 0 Å². The summed E-state index contributed by atoms with van der Waals surface area (Å²) >= 11 is 0. The zero-order valence-corrected chi connectivity index (χ0v) is 13.6. The summed E-state index contributed by atoms with van der Waals surface area (Å²) in [5.74, 6) is 1.36. The molecule has 0 nitrogen and oxygen atoms in total. The quantitative estimate of drug-likeness (QED) is 0.575. The highest BCUT2D eigenvalue weighted by atomic mass is 19.1. The summed E-state index contributed by atoms with van der Waals surface area (Å²) in [6, 6.07) is 10.3. The molecule has 3 rings (SSSR count). The van der Waals surface area contributed by atoms with Gasteiger partial charge in [-0.05, 0) is 67.4 Å². The number of benzene rings is 2. The zero-order chi connectivity index (χ0) is 15.5. The van der Waals surface area contributed by atoms with Crippen molar-refractivity contribution in [3.63, 3.8) is 0 Å². The van der Waals surface area contributed by atoms with Gasteiger partial charge in [0.15, 0.2) is 0 Å². The van der Waals surface area contributed by atoms with Gasteiger partial charge in [-0.3, -0.25) is 0 Å². The van der Waals surface area contributed by atoms with Crippen molar-refractivity contribution in [2.75, 3.05) is 0 Å². The molecule has 0 radical (unpaired) electrons. The average Bonchev–Trinajstić information content (AvgIpc) is 2.56. The van der Waals surface area contributed by atoms with Gasteiger partial charge in [-0.15, -0.1) is 0 Å². The van der Waals surface area contributed by atoms with Crippen LogP contribution in [-0.2, 0) is 6.42 Å². The van der Waals surface area contributed by atoms with E-state index in [1.807, 2.05) is 19.1 Å². The number of allylic oxidation sites excluding steroid dienone is 2. The number of halogens is 1. The zero-order valence-electron chi connectivity index (χ0n) is 13.6. The highest BCUT2D eigenvalue weighted by molar-refractivity contribution is 5.84.